The highest BCUT2D eigenvalue weighted by Crippen LogP contribution is 2.14. The van der Waals surface area contributed by atoms with Crippen molar-refractivity contribution in [1.82, 2.24) is 24.2 Å². The Balaban J connectivity index is 2.20. The van der Waals surface area contributed by atoms with Crippen molar-refractivity contribution in [2.45, 2.75) is 11.4 Å². The van der Waals surface area contributed by atoms with Crippen LogP contribution in [0.4, 0.5) is 5.95 Å². The van der Waals surface area contributed by atoms with Crippen molar-refractivity contribution >= 4 is 16.0 Å². The Labute approximate surface area is 111 Å². The standard InChI is InChI=1S/C10H14N6O2S/c1-11-10-14-5-8(6-15-10)19(17,18)16(2)7-9-12-3-4-13-9/h3-6H,7H2,1-2H3,(H,12,13)(H,11,14,15). The molecular formula is C10H14N6O2S. The van der Waals surface area contributed by atoms with Crippen LogP contribution in [0.15, 0.2) is 29.7 Å². The van der Waals surface area contributed by atoms with E-state index in [1.54, 1.807) is 19.4 Å². The molecule has 0 aliphatic rings. The summed E-state index contributed by atoms with van der Waals surface area (Å²) in [5.41, 5.74) is 0. The number of rotatable bonds is 5. The van der Waals surface area contributed by atoms with E-state index >= 15 is 0 Å². The summed E-state index contributed by atoms with van der Waals surface area (Å²) >= 11 is 0. The van der Waals surface area contributed by atoms with Gasteiger partial charge in [0.25, 0.3) is 0 Å². The van der Waals surface area contributed by atoms with Crippen molar-refractivity contribution in [1.29, 1.82) is 0 Å². The largest absolute Gasteiger partial charge is 0.357 e. The Morgan fingerprint density at radius 2 is 2.00 bits per heavy atom. The summed E-state index contributed by atoms with van der Waals surface area (Å²) in [7, 11) is -0.484. The molecule has 0 spiro atoms. The van der Waals surface area contributed by atoms with E-state index in [4.69, 9.17) is 0 Å². The van der Waals surface area contributed by atoms with Gasteiger partial charge in [-0.05, 0) is 0 Å². The summed E-state index contributed by atoms with van der Waals surface area (Å²) in [6, 6.07) is 0. The normalized spacial score (nSPS) is 11.7. The van der Waals surface area contributed by atoms with Gasteiger partial charge in [0, 0.05) is 26.5 Å². The van der Waals surface area contributed by atoms with Gasteiger partial charge >= 0.3 is 0 Å². The minimum atomic E-state index is -3.62. The van der Waals surface area contributed by atoms with Gasteiger partial charge in [-0.3, -0.25) is 0 Å². The van der Waals surface area contributed by atoms with Gasteiger partial charge < -0.3 is 10.3 Å². The van der Waals surface area contributed by atoms with E-state index < -0.39 is 10.0 Å². The fourth-order valence-corrected chi connectivity index (χ4v) is 2.46. The predicted octanol–water partition coefficient (Wildman–Crippen LogP) is 0.0621. The van der Waals surface area contributed by atoms with Gasteiger partial charge in [0.15, 0.2) is 0 Å². The minimum Gasteiger partial charge on any atom is -0.357 e. The molecule has 8 nitrogen and oxygen atoms in total. The molecule has 2 rings (SSSR count). The molecule has 0 saturated heterocycles. The van der Waals surface area contributed by atoms with Crippen LogP contribution in [-0.4, -0.2) is 46.8 Å². The minimum absolute atomic E-state index is 0.0422. The van der Waals surface area contributed by atoms with Gasteiger partial charge in [-0.1, -0.05) is 0 Å². The van der Waals surface area contributed by atoms with Crippen LogP contribution in [0, 0.1) is 0 Å². The summed E-state index contributed by atoms with van der Waals surface area (Å²) in [4.78, 5) is 14.7. The highest BCUT2D eigenvalue weighted by Gasteiger charge is 2.22. The Morgan fingerprint density at radius 1 is 1.32 bits per heavy atom. The lowest BCUT2D eigenvalue weighted by molar-refractivity contribution is 0.457. The molecule has 0 aromatic carbocycles. The molecule has 2 aromatic rings. The smallest absolute Gasteiger partial charge is 0.246 e. The number of hydrogen-bond acceptors (Lipinski definition) is 6. The Morgan fingerprint density at radius 3 is 2.53 bits per heavy atom. The molecule has 2 N–H and O–H groups in total. The zero-order chi connectivity index (χ0) is 13.9. The van der Waals surface area contributed by atoms with Crippen molar-refractivity contribution in [2.75, 3.05) is 19.4 Å². The zero-order valence-electron chi connectivity index (χ0n) is 10.5. The average Bonchev–Trinajstić information content (AvgIpc) is 2.91. The number of nitrogens with zero attached hydrogens (tertiary/aromatic N) is 4. The highest BCUT2D eigenvalue weighted by molar-refractivity contribution is 7.89. The first-order valence-electron chi connectivity index (χ1n) is 5.48. The van der Waals surface area contributed by atoms with Crippen molar-refractivity contribution in [2.24, 2.45) is 0 Å². The van der Waals surface area contributed by atoms with E-state index in [2.05, 4.69) is 25.3 Å². The second-order valence-electron chi connectivity index (χ2n) is 3.79. The fraction of sp³-hybridized carbons (Fsp3) is 0.300. The van der Waals surface area contributed by atoms with E-state index in [1.807, 2.05) is 0 Å². The monoisotopic (exact) mass is 282 g/mol. The third-order valence-corrected chi connectivity index (χ3v) is 4.24. The number of anilines is 1. The van der Waals surface area contributed by atoms with Gasteiger partial charge in [-0.15, -0.1) is 0 Å². The molecule has 0 fully saturated rings. The van der Waals surface area contributed by atoms with Crippen LogP contribution in [0.1, 0.15) is 5.82 Å². The molecule has 0 unspecified atom stereocenters. The number of sulfonamides is 1. The second kappa shape index (κ2) is 5.33. The third-order valence-electron chi connectivity index (χ3n) is 2.49. The lowest BCUT2D eigenvalue weighted by Crippen LogP contribution is -2.27. The molecule has 0 aliphatic heterocycles. The molecule has 0 saturated carbocycles. The van der Waals surface area contributed by atoms with Crippen LogP contribution >= 0.6 is 0 Å². The van der Waals surface area contributed by atoms with Crippen molar-refractivity contribution in [3.05, 3.63) is 30.6 Å². The third kappa shape index (κ3) is 2.88. The number of hydrogen-bond donors (Lipinski definition) is 2. The Hall–Kier alpha value is -2.00. The van der Waals surface area contributed by atoms with Gasteiger partial charge in [0.05, 0.1) is 18.9 Å². The highest BCUT2D eigenvalue weighted by atomic mass is 32.2. The topological polar surface area (TPSA) is 104 Å². The van der Waals surface area contributed by atoms with Crippen LogP contribution in [-0.2, 0) is 16.6 Å². The predicted molar refractivity (Wildman–Crippen MR) is 68.8 cm³/mol. The first-order valence-corrected chi connectivity index (χ1v) is 6.92. The molecule has 9 heteroatoms. The molecule has 2 aromatic heterocycles. The van der Waals surface area contributed by atoms with E-state index in [0.717, 1.165) is 0 Å². The summed E-state index contributed by atoms with van der Waals surface area (Å²) < 4.78 is 25.7. The van der Waals surface area contributed by atoms with Gasteiger partial charge in [-0.25, -0.2) is 23.4 Å². The SMILES string of the molecule is CNc1ncc(S(=O)(=O)N(C)Cc2ncc[nH]2)cn1. The first kappa shape index (κ1) is 13.4. The maximum Gasteiger partial charge on any atom is 0.246 e. The molecule has 0 aliphatic carbocycles. The summed E-state index contributed by atoms with van der Waals surface area (Å²) in [5, 5.41) is 2.73. The summed E-state index contributed by atoms with van der Waals surface area (Å²) in [5.74, 6) is 0.937. The fourth-order valence-electron chi connectivity index (χ4n) is 1.44. The number of H-pyrrole nitrogens is 1. The second-order valence-corrected chi connectivity index (χ2v) is 5.83. The van der Waals surface area contributed by atoms with Crippen LogP contribution in [0.2, 0.25) is 0 Å². The number of aromatic nitrogens is 4. The van der Waals surface area contributed by atoms with Crippen LogP contribution in [0.5, 0.6) is 0 Å². The molecule has 0 atom stereocenters. The average molecular weight is 282 g/mol. The van der Waals surface area contributed by atoms with Crippen molar-refractivity contribution < 1.29 is 8.42 Å². The van der Waals surface area contributed by atoms with Gasteiger partial charge in [0.1, 0.15) is 10.7 Å². The maximum absolute atomic E-state index is 12.2. The van der Waals surface area contributed by atoms with Crippen LogP contribution < -0.4 is 5.32 Å². The molecule has 2 heterocycles. The number of aromatic amines is 1. The molecular weight excluding hydrogens is 268 g/mol. The van der Waals surface area contributed by atoms with Gasteiger partial charge in [-0.2, -0.15) is 4.31 Å². The lowest BCUT2D eigenvalue weighted by Gasteiger charge is -2.15. The van der Waals surface area contributed by atoms with Crippen molar-refractivity contribution in [3.8, 4) is 0 Å². The number of nitrogens with one attached hydrogen (secondary N) is 2. The quantitative estimate of drug-likeness (QED) is 0.803. The summed E-state index contributed by atoms with van der Waals surface area (Å²) in [6.45, 7) is 0.156. The molecule has 0 bridgehead atoms. The van der Waals surface area contributed by atoms with E-state index in [9.17, 15) is 8.42 Å². The number of imidazole rings is 1. The van der Waals surface area contributed by atoms with Crippen molar-refractivity contribution in [3.63, 3.8) is 0 Å². The lowest BCUT2D eigenvalue weighted by atomic mass is 10.6. The molecule has 0 amide bonds. The maximum atomic E-state index is 12.2. The molecule has 0 radical (unpaired) electrons. The van der Waals surface area contributed by atoms with Gasteiger partial charge in [0.2, 0.25) is 16.0 Å². The Kier molecular flexibility index (Phi) is 3.76. The Bertz CT molecular complexity index is 623. The van der Waals surface area contributed by atoms with Crippen LogP contribution in [0.25, 0.3) is 0 Å². The van der Waals surface area contributed by atoms with E-state index in [0.29, 0.717) is 11.8 Å². The first-order chi connectivity index (χ1) is 9.04. The van der Waals surface area contributed by atoms with E-state index in [1.165, 1.54) is 23.7 Å². The molecule has 102 valence electrons. The van der Waals surface area contributed by atoms with Crippen LogP contribution in [0.3, 0.4) is 0 Å². The zero-order valence-corrected chi connectivity index (χ0v) is 11.3. The summed E-state index contributed by atoms with van der Waals surface area (Å²) in [6.07, 6.45) is 5.75. The van der Waals surface area contributed by atoms with E-state index in [-0.39, 0.29) is 11.4 Å². The molecule has 19 heavy (non-hydrogen) atoms.